The average molecular weight is 508 g/mol. The third kappa shape index (κ3) is 4.97. The van der Waals surface area contributed by atoms with Crippen molar-refractivity contribution in [2.24, 2.45) is 0 Å². The highest BCUT2D eigenvalue weighted by molar-refractivity contribution is 8.05. The molecule has 0 bridgehead atoms. The Morgan fingerprint density at radius 1 is 1.06 bits per heavy atom. The number of anilines is 2. The topological polar surface area (TPSA) is 73.2 Å². The Balaban J connectivity index is 1.72. The number of nitriles is 1. The van der Waals surface area contributed by atoms with Gasteiger partial charge in [-0.25, -0.2) is 0 Å². The molecule has 0 radical (unpaired) electrons. The van der Waals surface area contributed by atoms with E-state index in [1.165, 1.54) is 16.7 Å². The lowest BCUT2D eigenvalue weighted by Gasteiger charge is -2.18. The van der Waals surface area contributed by atoms with E-state index in [-0.39, 0.29) is 16.5 Å². The van der Waals surface area contributed by atoms with Crippen molar-refractivity contribution in [1.82, 2.24) is 0 Å². The maximum Gasteiger partial charge on any atom is 0.269 e. The number of halogens is 2. The maximum absolute atomic E-state index is 13.5. The lowest BCUT2D eigenvalue weighted by Crippen LogP contribution is -2.30. The van der Waals surface area contributed by atoms with Crippen molar-refractivity contribution in [3.05, 3.63) is 105 Å². The van der Waals surface area contributed by atoms with Gasteiger partial charge in [0.15, 0.2) is 0 Å². The highest BCUT2D eigenvalue weighted by Crippen LogP contribution is 2.42. The summed E-state index contributed by atoms with van der Waals surface area (Å²) in [5.41, 5.74) is 2.65. The maximum atomic E-state index is 13.5. The van der Waals surface area contributed by atoms with Gasteiger partial charge in [0.1, 0.15) is 16.7 Å². The Bertz CT molecular complexity index is 1340. The molecule has 0 aliphatic carbocycles. The molecule has 1 aliphatic rings. The molecule has 8 heteroatoms. The molecule has 0 spiro atoms. The van der Waals surface area contributed by atoms with Crippen LogP contribution in [0.15, 0.2) is 83.4 Å². The van der Waals surface area contributed by atoms with Gasteiger partial charge < -0.3 is 5.32 Å². The van der Waals surface area contributed by atoms with E-state index < -0.39 is 11.2 Å². The van der Waals surface area contributed by atoms with Crippen LogP contribution < -0.4 is 10.2 Å². The number of nitrogens with one attached hydrogen (secondary N) is 1. The fourth-order valence-corrected chi connectivity index (χ4v) is 5.22. The minimum atomic E-state index is -0.633. The monoisotopic (exact) mass is 507 g/mol. The fourth-order valence-electron chi connectivity index (χ4n) is 3.52. The molecule has 34 heavy (non-hydrogen) atoms. The summed E-state index contributed by atoms with van der Waals surface area (Å²) in [7, 11) is 0. The van der Waals surface area contributed by atoms with E-state index in [9.17, 15) is 14.9 Å². The zero-order valence-electron chi connectivity index (χ0n) is 18.1. The lowest BCUT2D eigenvalue weighted by molar-refractivity contribution is -0.117. The van der Waals surface area contributed by atoms with Gasteiger partial charge in [-0.1, -0.05) is 77.4 Å². The minimum absolute atomic E-state index is 0.161. The molecular formula is C26H19Cl2N3O2S. The largest absolute Gasteiger partial charge is 0.320 e. The predicted octanol–water partition coefficient (Wildman–Crippen LogP) is 6.37. The van der Waals surface area contributed by atoms with Crippen LogP contribution in [0.1, 0.15) is 11.1 Å². The first kappa shape index (κ1) is 23.9. The van der Waals surface area contributed by atoms with Gasteiger partial charge in [0.2, 0.25) is 5.91 Å². The molecule has 0 saturated carbocycles. The SMILES string of the molecule is Cc1ccc(CC2SC(=C(C#N)C(=O)Nc3ccccc3Cl)N(c3ccccc3)C2=O)cc1Cl. The van der Waals surface area contributed by atoms with E-state index >= 15 is 0 Å². The van der Waals surface area contributed by atoms with E-state index in [0.29, 0.717) is 27.8 Å². The van der Waals surface area contributed by atoms with Gasteiger partial charge in [-0.05, 0) is 54.8 Å². The van der Waals surface area contributed by atoms with Crippen molar-refractivity contribution >= 4 is 58.2 Å². The molecule has 3 aromatic carbocycles. The number of nitrogens with zero attached hydrogens (tertiary/aromatic N) is 2. The van der Waals surface area contributed by atoms with E-state index in [4.69, 9.17) is 23.2 Å². The smallest absolute Gasteiger partial charge is 0.269 e. The number of carbonyl (C=O) groups excluding carboxylic acids is 2. The van der Waals surface area contributed by atoms with Gasteiger partial charge in [-0.2, -0.15) is 5.26 Å². The molecule has 0 aromatic heterocycles. The molecule has 1 atom stereocenters. The minimum Gasteiger partial charge on any atom is -0.320 e. The zero-order chi connectivity index (χ0) is 24.2. The van der Waals surface area contributed by atoms with Crippen LogP contribution in [0.25, 0.3) is 0 Å². The van der Waals surface area contributed by atoms with E-state index in [1.807, 2.05) is 37.3 Å². The molecular weight excluding hydrogens is 489 g/mol. The van der Waals surface area contributed by atoms with Crippen LogP contribution in [0.5, 0.6) is 0 Å². The van der Waals surface area contributed by atoms with Crippen molar-refractivity contribution in [2.75, 3.05) is 10.2 Å². The Morgan fingerprint density at radius 2 is 1.76 bits per heavy atom. The third-order valence-corrected chi connectivity index (χ3v) is 7.30. The molecule has 1 aliphatic heterocycles. The van der Waals surface area contributed by atoms with Crippen LogP contribution in [0, 0.1) is 18.3 Å². The zero-order valence-corrected chi connectivity index (χ0v) is 20.4. The molecule has 170 valence electrons. The van der Waals surface area contributed by atoms with Crippen molar-refractivity contribution in [3.8, 4) is 6.07 Å². The van der Waals surface area contributed by atoms with Crippen LogP contribution in [-0.4, -0.2) is 17.1 Å². The number of thioether (sulfide) groups is 1. The van der Waals surface area contributed by atoms with Gasteiger partial charge in [-0.15, -0.1) is 0 Å². The number of hydrogen-bond donors (Lipinski definition) is 1. The number of para-hydroxylation sites is 2. The number of hydrogen-bond acceptors (Lipinski definition) is 4. The number of amides is 2. The van der Waals surface area contributed by atoms with Gasteiger partial charge in [0.05, 0.1) is 16.0 Å². The molecule has 5 nitrogen and oxygen atoms in total. The molecule has 1 N–H and O–H groups in total. The summed E-state index contributed by atoms with van der Waals surface area (Å²) in [6.07, 6.45) is 0.404. The third-order valence-electron chi connectivity index (χ3n) is 5.30. The summed E-state index contributed by atoms with van der Waals surface area (Å²) >= 11 is 13.6. The van der Waals surface area contributed by atoms with Crippen LogP contribution in [0.2, 0.25) is 10.0 Å². The average Bonchev–Trinajstić information content (AvgIpc) is 3.14. The van der Waals surface area contributed by atoms with Crippen LogP contribution in [0.4, 0.5) is 11.4 Å². The van der Waals surface area contributed by atoms with Gasteiger partial charge >= 0.3 is 0 Å². The van der Waals surface area contributed by atoms with Crippen molar-refractivity contribution in [1.29, 1.82) is 5.26 Å². The Labute approximate surface area is 212 Å². The lowest BCUT2D eigenvalue weighted by atomic mass is 10.1. The molecule has 1 heterocycles. The van der Waals surface area contributed by atoms with E-state index in [2.05, 4.69) is 5.32 Å². The number of benzene rings is 3. The first-order valence-corrected chi connectivity index (χ1v) is 12.0. The van der Waals surface area contributed by atoms with Crippen molar-refractivity contribution in [2.45, 2.75) is 18.6 Å². The van der Waals surface area contributed by atoms with Crippen LogP contribution >= 0.6 is 35.0 Å². The van der Waals surface area contributed by atoms with E-state index in [1.54, 1.807) is 48.5 Å². The first-order valence-electron chi connectivity index (χ1n) is 10.4. The summed E-state index contributed by atoms with van der Waals surface area (Å²) in [6, 6.07) is 23.4. The molecule has 1 fully saturated rings. The van der Waals surface area contributed by atoms with Gasteiger partial charge in [0, 0.05) is 10.7 Å². The summed E-state index contributed by atoms with van der Waals surface area (Å²) in [5, 5.41) is 13.3. The summed E-state index contributed by atoms with van der Waals surface area (Å²) in [6.45, 7) is 1.91. The normalized spacial score (nSPS) is 16.8. The Hall–Kier alpha value is -3.24. The summed E-state index contributed by atoms with van der Waals surface area (Å²) in [5.74, 6) is -0.841. The highest BCUT2D eigenvalue weighted by atomic mass is 35.5. The van der Waals surface area contributed by atoms with Gasteiger partial charge in [0.25, 0.3) is 5.91 Å². The molecule has 1 saturated heterocycles. The summed E-state index contributed by atoms with van der Waals surface area (Å²) < 4.78 is 0. The second kappa shape index (κ2) is 10.4. The van der Waals surface area contributed by atoms with Gasteiger partial charge in [-0.3, -0.25) is 14.5 Å². The molecule has 1 unspecified atom stereocenters. The number of carbonyl (C=O) groups is 2. The predicted molar refractivity (Wildman–Crippen MR) is 138 cm³/mol. The van der Waals surface area contributed by atoms with Crippen LogP contribution in [0.3, 0.4) is 0 Å². The summed E-state index contributed by atoms with van der Waals surface area (Å²) in [4.78, 5) is 28.0. The first-order chi connectivity index (χ1) is 16.4. The molecule has 4 rings (SSSR count). The molecule has 3 aromatic rings. The second-order valence-corrected chi connectivity index (χ2v) is 9.64. The van der Waals surface area contributed by atoms with E-state index in [0.717, 1.165) is 11.1 Å². The standard InChI is InChI=1S/C26H19Cl2N3O2S/c1-16-11-12-17(13-21(16)28)14-23-25(33)31(18-7-3-2-4-8-18)26(34-23)19(15-29)24(32)30-22-10-6-5-9-20(22)27/h2-13,23H,14H2,1H3,(H,30,32). The van der Waals surface area contributed by atoms with Crippen LogP contribution in [-0.2, 0) is 16.0 Å². The highest BCUT2D eigenvalue weighted by Gasteiger charge is 2.40. The van der Waals surface area contributed by atoms with Crippen molar-refractivity contribution < 1.29 is 9.59 Å². The number of aryl methyl sites for hydroxylation is 1. The fraction of sp³-hybridized carbons (Fsp3) is 0.115. The quantitative estimate of drug-likeness (QED) is 0.321. The molecule has 2 amide bonds. The Morgan fingerprint density at radius 3 is 2.44 bits per heavy atom. The number of rotatable bonds is 5. The van der Waals surface area contributed by atoms with Crippen molar-refractivity contribution in [3.63, 3.8) is 0 Å². The second-order valence-electron chi connectivity index (χ2n) is 7.63. The Kier molecular flexibility index (Phi) is 7.28.